The maximum Gasteiger partial charge on any atom is 0.339 e. The molecule has 0 atom stereocenters. The van der Waals surface area contributed by atoms with Crippen LogP contribution in [-0.2, 0) is 4.74 Å². The minimum Gasteiger partial charge on any atom is -0.462 e. The van der Waals surface area contributed by atoms with E-state index in [-0.39, 0.29) is 5.97 Å². The molecule has 1 N–H and O–H groups in total. The average Bonchev–Trinajstić information content (AvgIpc) is 2.29. The lowest BCUT2D eigenvalue weighted by Gasteiger charge is -2.11. The van der Waals surface area contributed by atoms with Crippen LogP contribution in [0.5, 0.6) is 0 Å². The van der Waals surface area contributed by atoms with Gasteiger partial charge in [0, 0.05) is 25.5 Å². The van der Waals surface area contributed by atoms with Gasteiger partial charge in [-0.25, -0.2) is 4.79 Å². The number of carbonyl (C=O) groups is 1. The molecule has 0 aliphatic carbocycles. The van der Waals surface area contributed by atoms with Crippen LogP contribution in [0.4, 0.5) is 5.69 Å². The smallest absolute Gasteiger partial charge is 0.339 e. The normalized spacial score (nSPS) is 10.4. The molecule has 0 aromatic carbocycles. The summed E-state index contributed by atoms with van der Waals surface area (Å²) in [6.45, 7) is 3.88. The Morgan fingerprint density at radius 1 is 1.47 bits per heavy atom. The third kappa shape index (κ3) is 4.82. The lowest BCUT2D eigenvalue weighted by molar-refractivity contribution is 0.0526. The summed E-state index contributed by atoms with van der Waals surface area (Å²) < 4.78 is 4.91. The minimum absolute atomic E-state index is 0.337. The van der Waals surface area contributed by atoms with Crippen molar-refractivity contribution in [1.29, 1.82) is 0 Å². The van der Waals surface area contributed by atoms with E-state index < -0.39 is 0 Å². The molecule has 0 aliphatic heterocycles. The molecule has 5 nitrogen and oxygen atoms in total. The Morgan fingerprint density at radius 2 is 2.24 bits per heavy atom. The van der Waals surface area contributed by atoms with Gasteiger partial charge >= 0.3 is 5.97 Å². The van der Waals surface area contributed by atoms with Gasteiger partial charge in [-0.05, 0) is 27.1 Å². The van der Waals surface area contributed by atoms with Crippen LogP contribution < -0.4 is 5.32 Å². The maximum atomic E-state index is 11.5. The fourth-order valence-corrected chi connectivity index (χ4v) is 1.29. The second-order valence-corrected chi connectivity index (χ2v) is 3.91. The zero-order valence-corrected chi connectivity index (χ0v) is 10.6. The highest BCUT2D eigenvalue weighted by atomic mass is 16.5. The van der Waals surface area contributed by atoms with Gasteiger partial charge < -0.3 is 15.0 Å². The number of carbonyl (C=O) groups excluding carboxylic acids is 1. The SMILES string of the molecule is CCOC(=O)c1cncc(NCCN(C)C)c1. The number of ether oxygens (including phenoxy) is 1. The van der Waals surface area contributed by atoms with Crippen molar-refractivity contribution in [3.8, 4) is 0 Å². The molecule has 1 aromatic rings. The van der Waals surface area contributed by atoms with Crippen molar-refractivity contribution in [2.75, 3.05) is 39.1 Å². The Bertz CT molecular complexity index is 367. The molecular weight excluding hydrogens is 218 g/mol. The molecule has 17 heavy (non-hydrogen) atoms. The third-order valence-electron chi connectivity index (χ3n) is 2.14. The summed E-state index contributed by atoms with van der Waals surface area (Å²) >= 11 is 0. The van der Waals surface area contributed by atoms with Crippen molar-refractivity contribution < 1.29 is 9.53 Å². The topological polar surface area (TPSA) is 54.5 Å². The molecule has 0 amide bonds. The van der Waals surface area contributed by atoms with Gasteiger partial charge in [0.1, 0.15) is 0 Å². The molecule has 1 heterocycles. The quantitative estimate of drug-likeness (QED) is 0.754. The Kier molecular flexibility index (Phi) is 5.42. The number of likely N-dealkylation sites (N-methyl/N-ethyl adjacent to an activating group) is 1. The van der Waals surface area contributed by atoms with Crippen LogP contribution in [0.15, 0.2) is 18.5 Å². The molecule has 94 valence electrons. The summed E-state index contributed by atoms with van der Waals surface area (Å²) in [5.74, 6) is -0.337. The van der Waals surface area contributed by atoms with Crippen molar-refractivity contribution in [2.45, 2.75) is 6.92 Å². The molecule has 0 bridgehead atoms. The molecule has 5 heteroatoms. The molecule has 0 fully saturated rings. The number of aromatic nitrogens is 1. The highest BCUT2D eigenvalue weighted by molar-refractivity contribution is 5.90. The Labute approximate surface area is 102 Å². The largest absolute Gasteiger partial charge is 0.462 e. The lowest BCUT2D eigenvalue weighted by Crippen LogP contribution is -2.21. The summed E-state index contributed by atoms with van der Waals surface area (Å²) in [6, 6.07) is 1.75. The zero-order chi connectivity index (χ0) is 12.7. The van der Waals surface area contributed by atoms with E-state index in [9.17, 15) is 4.79 Å². The van der Waals surface area contributed by atoms with Crippen molar-refractivity contribution in [3.05, 3.63) is 24.0 Å². The van der Waals surface area contributed by atoms with E-state index >= 15 is 0 Å². The van der Waals surface area contributed by atoms with Crippen molar-refractivity contribution in [2.24, 2.45) is 0 Å². The highest BCUT2D eigenvalue weighted by Crippen LogP contribution is 2.09. The summed E-state index contributed by atoms with van der Waals surface area (Å²) in [6.07, 6.45) is 3.20. The van der Waals surface area contributed by atoms with Gasteiger partial charge in [0.25, 0.3) is 0 Å². The molecule has 0 aliphatic rings. The minimum atomic E-state index is -0.337. The number of rotatable bonds is 6. The lowest BCUT2D eigenvalue weighted by atomic mass is 10.2. The number of hydrogen-bond acceptors (Lipinski definition) is 5. The van der Waals surface area contributed by atoms with Crippen LogP contribution in [0.1, 0.15) is 17.3 Å². The molecule has 0 saturated heterocycles. The molecule has 0 saturated carbocycles. The first-order valence-electron chi connectivity index (χ1n) is 5.64. The second kappa shape index (κ2) is 6.85. The number of hydrogen-bond donors (Lipinski definition) is 1. The van der Waals surface area contributed by atoms with Crippen molar-refractivity contribution in [1.82, 2.24) is 9.88 Å². The molecule has 1 rings (SSSR count). The number of anilines is 1. The van der Waals surface area contributed by atoms with Gasteiger partial charge in [-0.2, -0.15) is 0 Å². The Hall–Kier alpha value is -1.62. The number of pyridine rings is 1. The van der Waals surface area contributed by atoms with Crippen LogP contribution in [0.2, 0.25) is 0 Å². The van der Waals surface area contributed by atoms with Crippen molar-refractivity contribution >= 4 is 11.7 Å². The fourth-order valence-electron chi connectivity index (χ4n) is 1.29. The molecule has 0 spiro atoms. The highest BCUT2D eigenvalue weighted by Gasteiger charge is 2.07. The van der Waals surface area contributed by atoms with Gasteiger partial charge in [-0.3, -0.25) is 4.98 Å². The first-order chi connectivity index (χ1) is 8.13. The zero-order valence-electron chi connectivity index (χ0n) is 10.6. The van der Waals surface area contributed by atoms with E-state index in [1.807, 2.05) is 14.1 Å². The number of nitrogens with one attached hydrogen (secondary N) is 1. The first kappa shape index (κ1) is 13.4. The van der Waals surface area contributed by atoms with Crippen LogP contribution in [0, 0.1) is 0 Å². The van der Waals surface area contributed by atoms with E-state index in [1.54, 1.807) is 19.2 Å². The molecule has 1 aromatic heterocycles. The van der Waals surface area contributed by atoms with E-state index in [4.69, 9.17) is 4.74 Å². The van der Waals surface area contributed by atoms with Crippen LogP contribution >= 0.6 is 0 Å². The Morgan fingerprint density at radius 3 is 2.88 bits per heavy atom. The standard InChI is InChI=1S/C12H19N3O2/c1-4-17-12(16)10-7-11(9-13-8-10)14-5-6-15(2)3/h7-9,14H,4-6H2,1-3H3. The summed E-state index contributed by atoms with van der Waals surface area (Å²) in [5.41, 5.74) is 1.30. The van der Waals surface area contributed by atoms with E-state index in [1.165, 1.54) is 6.20 Å². The maximum absolute atomic E-state index is 11.5. The van der Waals surface area contributed by atoms with Crippen molar-refractivity contribution in [3.63, 3.8) is 0 Å². The van der Waals surface area contributed by atoms with Crippen LogP contribution in [-0.4, -0.2) is 49.6 Å². The fraction of sp³-hybridized carbons (Fsp3) is 0.500. The van der Waals surface area contributed by atoms with Gasteiger partial charge in [0.15, 0.2) is 0 Å². The average molecular weight is 237 g/mol. The van der Waals surface area contributed by atoms with E-state index in [0.717, 1.165) is 18.8 Å². The molecule has 0 radical (unpaired) electrons. The number of esters is 1. The second-order valence-electron chi connectivity index (χ2n) is 3.91. The predicted molar refractivity (Wildman–Crippen MR) is 67.2 cm³/mol. The number of nitrogens with zero attached hydrogens (tertiary/aromatic N) is 2. The van der Waals surface area contributed by atoms with Gasteiger partial charge in [-0.15, -0.1) is 0 Å². The van der Waals surface area contributed by atoms with Crippen LogP contribution in [0.3, 0.4) is 0 Å². The monoisotopic (exact) mass is 237 g/mol. The summed E-state index contributed by atoms with van der Waals surface area (Å²) in [7, 11) is 4.02. The summed E-state index contributed by atoms with van der Waals surface area (Å²) in [4.78, 5) is 17.6. The molecule has 0 unspecified atom stereocenters. The van der Waals surface area contributed by atoms with Gasteiger partial charge in [0.2, 0.25) is 0 Å². The third-order valence-corrected chi connectivity index (χ3v) is 2.14. The first-order valence-corrected chi connectivity index (χ1v) is 5.64. The predicted octanol–water partition coefficient (Wildman–Crippen LogP) is 1.23. The molecular formula is C12H19N3O2. The van der Waals surface area contributed by atoms with E-state index in [2.05, 4.69) is 15.2 Å². The van der Waals surface area contributed by atoms with Gasteiger partial charge in [0.05, 0.1) is 17.9 Å². The summed E-state index contributed by atoms with van der Waals surface area (Å²) in [5, 5.41) is 3.20. The van der Waals surface area contributed by atoms with Gasteiger partial charge in [-0.1, -0.05) is 0 Å². The van der Waals surface area contributed by atoms with Crippen LogP contribution in [0.25, 0.3) is 0 Å². The Balaban J connectivity index is 2.56. The van der Waals surface area contributed by atoms with E-state index in [0.29, 0.717) is 12.2 Å².